The quantitative estimate of drug-likeness (QED) is 0.501. The molecule has 1 fully saturated rings. The highest BCUT2D eigenvalue weighted by Crippen LogP contribution is 2.26. The lowest BCUT2D eigenvalue weighted by Gasteiger charge is -2.26. The summed E-state index contributed by atoms with van der Waals surface area (Å²) in [5.74, 6) is -1.38. The molecule has 4 rings (SSSR count). The molecule has 3 aromatic rings. The number of rotatable bonds is 2. The summed E-state index contributed by atoms with van der Waals surface area (Å²) < 4.78 is 0.717. The minimum atomic E-state index is -0.769. The predicted octanol–water partition coefficient (Wildman–Crippen LogP) is 3.60. The van der Waals surface area contributed by atoms with E-state index in [1.165, 1.54) is 6.08 Å². The van der Waals surface area contributed by atoms with Crippen LogP contribution in [0, 0.1) is 0 Å². The summed E-state index contributed by atoms with van der Waals surface area (Å²) >= 11 is 3.32. The standard InChI is InChI=1S/C19H12BrN3O3/c20-12-4-3-5-13(9-12)23-18(25)15(17(24)22-19(23)26)8-11-10-21-16-7-2-1-6-14(11)16/h1-10,21H,(H,22,24,26)/b15-8+. The summed E-state index contributed by atoms with van der Waals surface area (Å²) in [5, 5.41) is 3.10. The van der Waals surface area contributed by atoms with E-state index < -0.39 is 17.8 Å². The number of hydrogen-bond acceptors (Lipinski definition) is 3. The first-order valence-corrected chi connectivity index (χ1v) is 8.57. The number of nitrogens with one attached hydrogen (secondary N) is 2. The van der Waals surface area contributed by atoms with Gasteiger partial charge in [0.1, 0.15) is 5.57 Å². The second-order valence-electron chi connectivity index (χ2n) is 5.73. The third-order valence-corrected chi connectivity index (χ3v) is 4.58. The van der Waals surface area contributed by atoms with E-state index in [1.54, 1.807) is 30.5 Å². The highest BCUT2D eigenvalue weighted by atomic mass is 79.9. The molecule has 1 aromatic heterocycles. The van der Waals surface area contributed by atoms with E-state index in [2.05, 4.69) is 26.2 Å². The third-order valence-electron chi connectivity index (χ3n) is 4.09. The molecule has 4 amide bonds. The van der Waals surface area contributed by atoms with E-state index in [4.69, 9.17) is 0 Å². The Labute approximate surface area is 156 Å². The monoisotopic (exact) mass is 409 g/mol. The summed E-state index contributed by atoms with van der Waals surface area (Å²) in [6.07, 6.45) is 3.21. The van der Waals surface area contributed by atoms with Crippen LogP contribution in [0.2, 0.25) is 0 Å². The molecule has 1 saturated heterocycles. The lowest BCUT2D eigenvalue weighted by molar-refractivity contribution is -0.122. The smallest absolute Gasteiger partial charge is 0.335 e. The fourth-order valence-corrected chi connectivity index (χ4v) is 3.26. The van der Waals surface area contributed by atoms with Gasteiger partial charge in [-0.15, -0.1) is 0 Å². The Hall–Kier alpha value is -3.19. The van der Waals surface area contributed by atoms with Gasteiger partial charge in [-0.3, -0.25) is 14.9 Å². The number of imide groups is 2. The number of benzene rings is 2. The first-order valence-electron chi connectivity index (χ1n) is 7.78. The number of urea groups is 1. The van der Waals surface area contributed by atoms with Gasteiger partial charge in [-0.25, -0.2) is 9.69 Å². The highest BCUT2D eigenvalue weighted by Gasteiger charge is 2.36. The Balaban J connectivity index is 1.79. The van der Waals surface area contributed by atoms with Gasteiger partial charge in [0.15, 0.2) is 0 Å². The second kappa shape index (κ2) is 6.27. The summed E-state index contributed by atoms with van der Waals surface area (Å²) in [6.45, 7) is 0. The van der Waals surface area contributed by atoms with Crippen molar-refractivity contribution >= 4 is 56.4 Å². The average molecular weight is 410 g/mol. The number of hydrogen-bond donors (Lipinski definition) is 2. The molecule has 2 aromatic carbocycles. The lowest BCUT2D eigenvalue weighted by atomic mass is 10.1. The number of halogens is 1. The molecule has 2 heterocycles. The molecule has 6 nitrogen and oxygen atoms in total. The van der Waals surface area contributed by atoms with Crippen LogP contribution in [-0.2, 0) is 9.59 Å². The van der Waals surface area contributed by atoms with Crippen molar-refractivity contribution in [2.75, 3.05) is 4.90 Å². The van der Waals surface area contributed by atoms with Crippen molar-refractivity contribution in [3.8, 4) is 0 Å². The van der Waals surface area contributed by atoms with Gasteiger partial charge in [-0.05, 0) is 30.3 Å². The average Bonchev–Trinajstić information content (AvgIpc) is 3.01. The fourth-order valence-electron chi connectivity index (χ4n) is 2.88. The number of anilines is 1. The number of barbiturate groups is 1. The number of carbonyl (C=O) groups excluding carboxylic acids is 3. The molecule has 128 valence electrons. The minimum absolute atomic E-state index is 0.102. The molecule has 26 heavy (non-hydrogen) atoms. The number of amides is 4. The van der Waals surface area contributed by atoms with Gasteiger partial charge < -0.3 is 4.98 Å². The van der Waals surface area contributed by atoms with Gasteiger partial charge in [0.05, 0.1) is 5.69 Å². The zero-order valence-electron chi connectivity index (χ0n) is 13.3. The Morgan fingerprint density at radius 3 is 2.62 bits per heavy atom. The normalized spacial score (nSPS) is 16.4. The molecule has 0 aliphatic carbocycles. The van der Waals surface area contributed by atoms with E-state index in [1.807, 2.05) is 24.3 Å². The first kappa shape index (κ1) is 16.3. The van der Waals surface area contributed by atoms with E-state index in [9.17, 15) is 14.4 Å². The highest BCUT2D eigenvalue weighted by molar-refractivity contribution is 9.10. The maximum atomic E-state index is 12.9. The minimum Gasteiger partial charge on any atom is -0.361 e. The van der Waals surface area contributed by atoms with Gasteiger partial charge in [-0.2, -0.15) is 0 Å². The third kappa shape index (κ3) is 2.72. The SMILES string of the molecule is O=C1NC(=O)N(c2cccc(Br)c2)C(=O)/C1=C/c1c[nH]c2ccccc12. The van der Waals surface area contributed by atoms with Crippen molar-refractivity contribution < 1.29 is 14.4 Å². The topological polar surface area (TPSA) is 82.3 Å². The molecular weight excluding hydrogens is 398 g/mol. The van der Waals surface area contributed by atoms with Crippen LogP contribution >= 0.6 is 15.9 Å². The molecule has 0 bridgehead atoms. The first-order chi connectivity index (χ1) is 12.5. The van der Waals surface area contributed by atoms with Crippen LogP contribution in [0.25, 0.3) is 17.0 Å². The summed E-state index contributed by atoms with van der Waals surface area (Å²) in [5.41, 5.74) is 1.86. The van der Waals surface area contributed by atoms with Crippen LogP contribution in [0.4, 0.5) is 10.5 Å². The zero-order valence-corrected chi connectivity index (χ0v) is 14.9. The van der Waals surface area contributed by atoms with E-state index >= 15 is 0 Å². The van der Waals surface area contributed by atoms with Gasteiger partial charge in [0.2, 0.25) is 0 Å². The van der Waals surface area contributed by atoms with Crippen molar-refractivity contribution in [2.24, 2.45) is 0 Å². The van der Waals surface area contributed by atoms with Crippen molar-refractivity contribution in [3.05, 3.63) is 70.3 Å². The van der Waals surface area contributed by atoms with Crippen molar-refractivity contribution in [1.82, 2.24) is 10.3 Å². The number of fused-ring (bicyclic) bond motifs is 1. The van der Waals surface area contributed by atoms with Crippen LogP contribution in [-0.4, -0.2) is 22.8 Å². The summed E-state index contributed by atoms with van der Waals surface area (Å²) in [6, 6.07) is 13.5. The molecular formula is C19H12BrN3O3. The van der Waals surface area contributed by atoms with Crippen LogP contribution in [0.1, 0.15) is 5.56 Å². The Morgan fingerprint density at radius 2 is 1.81 bits per heavy atom. The number of aromatic nitrogens is 1. The molecule has 0 radical (unpaired) electrons. The molecule has 1 aliphatic heterocycles. The van der Waals surface area contributed by atoms with Crippen LogP contribution < -0.4 is 10.2 Å². The van der Waals surface area contributed by atoms with E-state index in [-0.39, 0.29) is 5.57 Å². The van der Waals surface area contributed by atoms with Crippen molar-refractivity contribution in [1.29, 1.82) is 0 Å². The summed E-state index contributed by atoms with van der Waals surface area (Å²) in [7, 11) is 0. The largest absolute Gasteiger partial charge is 0.361 e. The zero-order chi connectivity index (χ0) is 18.3. The van der Waals surface area contributed by atoms with Crippen LogP contribution in [0.5, 0.6) is 0 Å². The molecule has 0 atom stereocenters. The van der Waals surface area contributed by atoms with Gasteiger partial charge in [0.25, 0.3) is 11.8 Å². The number of nitrogens with zero attached hydrogens (tertiary/aromatic N) is 1. The molecule has 0 saturated carbocycles. The maximum Gasteiger partial charge on any atom is 0.335 e. The Bertz CT molecular complexity index is 1100. The van der Waals surface area contributed by atoms with E-state index in [0.29, 0.717) is 11.3 Å². The fraction of sp³-hybridized carbons (Fsp3) is 0. The van der Waals surface area contributed by atoms with Crippen molar-refractivity contribution in [2.45, 2.75) is 0 Å². The van der Waals surface area contributed by atoms with Crippen LogP contribution in [0.15, 0.2) is 64.8 Å². The molecule has 7 heteroatoms. The molecule has 2 N–H and O–H groups in total. The van der Waals surface area contributed by atoms with Gasteiger partial charge in [0, 0.05) is 27.1 Å². The van der Waals surface area contributed by atoms with E-state index in [0.717, 1.165) is 20.3 Å². The second-order valence-corrected chi connectivity index (χ2v) is 6.64. The number of carbonyl (C=O) groups is 3. The molecule has 0 spiro atoms. The number of H-pyrrole nitrogens is 1. The van der Waals surface area contributed by atoms with Gasteiger partial charge in [-0.1, -0.05) is 40.2 Å². The predicted molar refractivity (Wildman–Crippen MR) is 101 cm³/mol. The van der Waals surface area contributed by atoms with Gasteiger partial charge >= 0.3 is 6.03 Å². The van der Waals surface area contributed by atoms with Crippen molar-refractivity contribution in [3.63, 3.8) is 0 Å². The Kier molecular flexibility index (Phi) is 3.93. The number of para-hydroxylation sites is 1. The number of aromatic amines is 1. The lowest BCUT2D eigenvalue weighted by Crippen LogP contribution is -2.54. The molecule has 0 unspecified atom stereocenters. The Morgan fingerprint density at radius 1 is 1.00 bits per heavy atom. The maximum absolute atomic E-state index is 12.9. The van der Waals surface area contributed by atoms with Crippen LogP contribution in [0.3, 0.4) is 0 Å². The summed E-state index contributed by atoms with van der Waals surface area (Å²) in [4.78, 5) is 41.4. The molecule has 1 aliphatic rings.